The van der Waals surface area contributed by atoms with Crippen molar-refractivity contribution in [2.45, 2.75) is 0 Å². The number of carbonyl (C=O) groups excluding carboxylic acids is 1. The Balaban J connectivity index is 1.65. The quantitative estimate of drug-likeness (QED) is 0.771. The molecule has 23 heavy (non-hydrogen) atoms. The predicted octanol–water partition coefficient (Wildman–Crippen LogP) is 3.96. The van der Waals surface area contributed by atoms with Gasteiger partial charge in [0.15, 0.2) is 0 Å². The van der Waals surface area contributed by atoms with Crippen molar-refractivity contribution in [3.8, 4) is 11.8 Å². The Bertz CT molecular complexity index is 698. The molecule has 2 aromatic rings. The second kappa shape index (κ2) is 9.09. The fourth-order valence-corrected chi connectivity index (χ4v) is 2.51. The fourth-order valence-electron chi connectivity index (χ4n) is 1.78. The Morgan fingerprint density at radius 1 is 1.26 bits per heavy atom. The summed E-state index contributed by atoms with van der Waals surface area (Å²) in [4.78, 5) is 11.8. The molecule has 0 aromatic heterocycles. The van der Waals surface area contributed by atoms with Gasteiger partial charge in [-0.3, -0.25) is 4.79 Å². The molecule has 0 fully saturated rings. The predicted molar refractivity (Wildman–Crippen MR) is 94.1 cm³/mol. The first-order valence-electron chi connectivity index (χ1n) is 6.93. The minimum Gasteiger partial charge on any atom is -0.493 e. The molecule has 1 N–H and O–H groups in total. The number of ether oxygens (including phenoxy) is 1. The van der Waals surface area contributed by atoms with Crippen LogP contribution in [0.15, 0.2) is 48.5 Å². The molecule has 2 rings (SSSR count). The fraction of sp³-hybridized carbons (Fsp3) is 0.176. The summed E-state index contributed by atoms with van der Waals surface area (Å²) < 4.78 is 5.54. The Morgan fingerprint density at radius 3 is 2.78 bits per heavy atom. The zero-order valence-corrected chi connectivity index (χ0v) is 13.9. The second-order valence-corrected chi connectivity index (χ2v) is 6.14. The lowest BCUT2D eigenvalue weighted by molar-refractivity contribution is -0.113. The van der Waals surface area contributed by atoms with E-state index in [0.717, 1.165) is 5.75 Å². The van der Waals surface area contributed by atoms with Gasteiger partial charge in [0, 0.05) is 16.5 Å². The number of nitrogens with zero attached hydrogens (tertiary/aromatic N) is 1. The average molecular weight is 347 g/mol. The van der Waals surface area contributed by atoms with Gasteiger partial charge < -0.3 is 10.1 Å². The van der Waals surface area contributed by atoms with Gasteiger partial charge in [-0.15, -0.1) is 11.8 Å². The lowest BCUT2D eigenvalue weighted by Gasteiger charge is -2.07. The van der Waals surface area contributed by atoms with Crippen LogP contribution in [-0.2, 0) is 4.79 Å². The average Bonchev–Trinajstić information content (AvgIpc) is 2.56. The summed E-state index contributed by atoms with van der Waals surface area (Å²) in [6.07, 6.45) is 0. The van der Waals surface area contributed by atoms with E-state index >= 15 is 0 Å². The number of amides is 1. The van der Waals surface area contributed by atoms with E-state index in [1.54, 1.807) is 36.4 Å². The van der Waals surface area contributed by atoms with Crippen molar-refractivity contribution in [3.05, 3.63) is 59.1 Å². The number of halogens is 1. The van der Waals surface area contributed by atoms with Crippen LogP contribution in [-0.4, -0.2) is 24.0 Å². The van der Waals surface area contributed by atoms with Gasteiger partial charge in [-0.2, -0.15) is 5.26 Å². The van der Waals surface area contributed by atoms with Gasteiger partial charge in [-0.05, 0) is 42.5 Å². The first-order valence-corrected chi connectivity index (χ1v) is 8.47. The molecule has 6 heteroatoms. The van der Waals surface area contributed by atoms with Crippen molar-refractivity contribution in [2.24, 2.45) is 0 Å². The summed E-state index contributed by atoms with van der Waals surface area (Å²) in [6, 6.07) is 16.0. The number of thioether (sulfide) groups is 1. The summed E-state index contributed by atoms with van der Waals surface area (Å²) in [5.74, 6) is 1.69. The molecule has 0 radical (unpaired) electrons. The Morgan fingerprint density at radius 2 is 2.04 bits per heavy atom. The van der Waals surface area contributed by atoms with Crippen molar-refractivity contribution >= 4 is 35.0 Å². The first-order chi connectivity index (χ1) is 11.2. The topological polar surface area (TPSA) is 62.1 Å². The van der Waals surface area contributed by atoms with E-state index in [1.165, 1.54) is 11.8 Å². The molecule has 0 saturated heterocycles. The molecular formula is C17H15ClN2O2S. The van der Waals surface area contributed by atoms with Crippen LogP contribution in [0.25, 0.3) is 0 Å². The molecule has 1 amide bonds. The van der Waals surface area contributed by atoms with E-state index in [9.17, 15) is 4.79 Å². The first kappa shape index (κ1) is 17.2. The van der Waals surface area contributed by atoms with Gasteiger partial charge in [0.1, 0.15) is 5.75 Å². The summed E-state index contributed by atoms with van der Waals surface area (Å²) in [5, 5.41) is 12.3. The molecule has 118 valence electrons. The highest BCUT2D eigenvalue weighted by Gasteiger charge is 2.03. The number of carbonyl (C=O) groups is 1. The second-order valence-electron chi connectivity index (χ2n) is 4.60. The minimum atomic E-state index is -0.100. The van der Waals surface area contributed by atoms with Crippen molar-refractivity contribution in [3.63, 3.8) is 0 Å². The molecule has 0 heterocycles. The van der Waals surface area contributed by atoms with Crippen LogP contribution in [0, 0.1) is 11.3 Å². The molecule has 0 unspecified atom stereocenters. The van der Waals surface area contributed by atoms with E-state index < -0.39 is 0 Å². The summed E-state index contributed by atoms with van der Waals surface area (Å²) in [5.41, 5.74) is 1.15. The third-order valence-corrected chi connectivity index (χ3v) is 3.99. The number of benzene rings is 2. The smallest absolute Gasteiger partial charge is 0.234 e. The van der Waals surface area contributed by atoms with Crippen LogP contribution in [0.3, 0.4) is 0 Å². The van der Waals surface area contributed by atoms with Gasteiger partial charge >= 0.3 is 0 Å². The number of anilines is 1. The lowest BCUT2D eigenvalue weighted by Crippen LogP contribution is -2.15. The number of nitrogens with one attached hydrogen (secondary N) is 1. The summed E-state index contributed by atoms with van der Waals surface area (Å²) in [7, 11) is 0. The van der Waals surface area contributed by atoms with Crippen molar-refractivity contribution in [1.82, 2.24) is 0 Å². The third kappa shape index (κ3) is 6.23. The number of nitriles is 1. The molecule has 0 aliphatic heterocycles. The zero-order valence-electron chi connectivity index (χ0n) is 12.3. The number of hydrogen-bond donors (Lipinski definition) is 1. The Hall–Kier alpha value is -2.16. The molecular weight excluding hydrogens is 332 g/mol. The van der Waals surface area contributed by atoms with Gasteiger partial charge in [0.05, 0.1) is 24.0 Å². The maximum Gasteiger partial charge on any atom is 0.234 e. The van der Waals surface area contributed by atoms with E-state index in [2.05, 4.69) is 5.32 Å². The standard InChI is InChI=1S/C17H15ClN2O2S/c18-14-4-6-16(7-5-14)22-8-9-23-12-17(21)20-15-3-1-2-13(10-15)11-19/h1-7,10H,8-9,12H2,(H,20,21). The van der Waals surface area contributed by atoms with Gasteiger partial charge in [0.25, 0.3) is 0 Å². The van der Waals surface area contributed by atoms with E-state index in [0.29, 0.717) is 34.4 Å². The molecule has 0 aliphatic carbocycles. The molecule has 0 bridgehead atoms. The Labute approximate surface area is 144 Å². The number of hydrogen-bond acceptors (Lipinski definition) is 4. The van der Waals surface area contributed by atoms with E-state index in [-0.39, 0.29) is 5.91 Å². The van der Waals surface area contributed by atoms with Crippen LogP contribution in [0.2, 0.25) is 5.02 Å². The van der Waals surface area contributed by atoms with E-state index in [4.69, 9.17) is 21.6 Å². The largest absolute Gasteiger partial charge is 0.493 e. The molecule has 0 saturated carbocycles. The zero-order chi connectivity index (χ0) is 16.5. The minimum absolute atomic E-state index is 0.100. The molecule has 0 atom stereocenters. The summed E-state index contributed by atoms with van der Waals surface area (Å²) in [6.45, 7) is 0.517. The molecule has 0 spiro atoms. The van der Waals surface area contributed by atoms with Crippen LogP contribution in [0.1, 0.15) is 5.56 Å². The lowest BCUT2D eigenvalue weighted by atomic mass is 10.2. The van der Waals surface area contributed by atoms with E-state index in [1.807, 2.05) is 18.2 Å². The van der Waals surface area contributed by atoms with Crippen molar-refractivity contribution in [1.29, 1.82) is 5.26 Å². The maximum atomic E-state index is 11.8. The van der Waals surface area contributed by atoms with Crippen LogP contribution in [0.4, 0.5) is 5.69 Å². The van der Waals surface area contributed by atoms with Crippen LogP contribution >= 0.6 is 23.4 Å². The van der Waals surface area contributed by atoms with Crippen molar-refractivity contribution in [2.75, 3.05) is 23.4 Å². The molecule has 0 aliphatic rings. The highest BCUT2D eigenvalue weighted by Crippen LogP contribution is 2.16. The third-order valence-electron chi connectivity index (χ3n) is 2.82. The number of rotatable bonds is 7. The van der Waals surface area contributed by atoms with Gasteiger partial charge in [-0.1, -0.05) is 17.7 Å². The van der Waals surface area contributed by atoms with Crippen LogP contribution in [0.5, 0.6) is 5.75 Å². The normalized spacial score (nSPS) is 9.91. The van der Waals surface area contributed by atoms with Gasteiger partial charge in [-0.25, -0.2) is 0 Å². The van der Waals surface area contributed by atoms with Gasteiger partial charge in [0.2, 0.25) is 5.91 Å². The monoisotopic (exact) mass is 346 g/mol. The van der Waals surface area contributed by atoms with Crippen LogP contribution < -0.4 is 10.1 Å². The highest BCUT2D eigenvalue weighted by atomic mass is 35.5. The molecule has 4 nitrogen and oxygen atoms in total. The summed E-state index contributed by atoms with van der Waals surface area (Å²) >= 11 is 7.28. The Kier molecular flexibility index (Phi) is 6.79. The highest BCUT2D eigenvalue weighted by molar-refractivity contribution is 7.99. The van der Waals surface area contributed by atoms with Crippen molar-refractivity contribution < 1.29 is 9.53 Å². The maximum absolute atomic E-state index is 11.8. The molecule has 2 aromatic carbocycles. The SMILES string of the molecule is N#Cc1cccc(NC(=O)CSCCOc2ccc(Cl)cc2)c1.